The van der Waals surface area contributed by atoms with Gasteiger partial charge in [0, 0.05) is 0 Å². The summed E-state index contributed by atoms with van der Waals surface area (Å²) in [6, 6.07) is 34.6. The highest BCUT2D eigenvalue weighted by atomic mass is 32.2. The zero-order valence-corrected chi connectivity index (χ0v) is 20.8. The first-order valence-electron chi connectivity index (χ1n) is 12.2. The van der Waals surface area contributed by atoms with Crippen molar-refractivity contribution in [2.24, 2.45) is 0 Å². The number of carbonyl (C=O) groups is 1. The first-order chi connectivity index (χ1) is 17.6. The molecule has 1 saturated carbocycles. The number of benzene rings is 4. The minimum Gasteiger partial charge on any atom is -0.482 e. The minimum absolute atomic E-state index is 0.143. The fourth-order valence-corrected chi connectivity index (χ4v) is 6.80. The molecule has 4 aromatic rings. The maximum atomic E-state index is 13.6. The average Bonchev–Trinajstić information content (AvgIpc) is 3.40. The Kier molecular flexibility index (Phi) is 7.38. The summed E-state index contributed by atoms with van der Waals surface area (Å²) in [5.74, 6) is -0.00979. The van der Waals surface area contributed by atoms with Crippen LogP contribution in [0.5, 0.6) is 5.75 Å². The summed E-state index contributed by atoms with van der Waals surface area (Å²) in [6.07, 6.45) is 3.76. The number of carbonyl (C=O) groups excluding carboxylic acids is 1. The molecule has 5 rings (SSSR count). The van der Waals surface area contributed by atoms with E-state index >= 15 is 0 Å². The predicted octanol–water partition coefficient (Wildman–Crippen LogP) is 7.31. The van der Waals surface area contributed by atoms with Gasteiger partial charge in [-0.15, -0.1) is 0 Å². The minimum atomic E-state index is -0.551. The molecule has 1 atom stereocenters. The van der Waals surface area contributed by atoms with Gasteiger partial charge in [0.25, 0.3) is 0 Å². The molecule has 1 aliphatic rings. The summed E-state index contributed by atoms with van der Waals surface area (Å²) in [5.41, 5.74) is 0.499. The van der Waals surface area contributed by atoms with Crippen molar-refractivity contribution >= 4 is 16.9 Å². The Hall–Kier alpha value is -3.57. The van der Waals surface area contributed by atoms with E-state index in [1.54, 1.807) is 0 Å². The largest absolute Gasteiger partial charge is 0.482 e. The third kappa shape index (κ3) is 5.47. The van der Waals surface area contributed by atoms with Gasteiger partial charge in [0.1, 0.15) is 17.2 Å². The molecule has 5 heteroatoms. The van der Waals surface area contributed by atoms with Gasteiger partial charge in [-0.25, -0.2) is 9.18 Å². The Labute approximate surface area is 214 Å². The molecular formula is C31H28FO3S+. The highest BCUT2D eigenvalue weighted by Crippen LogP contribution is 2.42. The van der Waals surface area contributed by atoms with Crippen LogP contribution in [0.2, 0.25) is 0 Å². The normalized spacial score (nSPS) is 15.2. The monoisotopic (exact) mass is 499 g/mol. The van der Waals surface area contributed by atoms with Crippen LogP contribution in [0.25, 0.3) is 0 Å². The van der Waals surface area contributed by atoms with Gasteiger partial charge in [0.15, 0.2) is 21.3 Å². The Balaban J connectivity index is 1.28. The Morgan fingerprint density at radius 3 is 1.86 bits per heavy atom. The zero-order chi connectivity index (χ0) is 24.8. The van der Waals surface area contributed by atoms with Crippen molar-refractivity contribution in [3.8, 4) is 5.75 Å². The van der Waals surface area contributed by atoms with E-state index in [1.807, 2.05) is 84.9 Å². The second-order valence-corrected chi connectivity index (χ2v) is 10.9. The number of hydrogen-bond donors (Lipinski definition) is 0. The van der Waals surface area contributed by atoms with Crippen molar-refractivity contribution in [1.82, 2.24) is 0 Å². The van der Waals surface area contributed by atoms with E-state index in [1.165, 1.54) is 12.1 Å². The molecule has 0 radical (unpaired) electrons. The molecule has 4 aromatic carbocycles. The highest BCUT2D eigenvalue weighted by molar-refractivity contribution is 7.97. The van der Waals surface area contributed by atoms with Gasteiger partial charge in [-0.2, -0.15) is 0 Å². The van der Waals surface area contributed by atoms with E-state index in [2.05, 4.69) is 12.1 Å². The molecule has 0 saturated heterocycles. The van der Waals surface area contributed by atoms with E-state index in [4.69, 9.17) is 9.47 Å². The Bertz CT molecular complexity index is 1270. The van der Waals surface area contributed by atoms with Crippen LogP contribution in [-0.4, -0.2) is 12.6 Å². The van der Waals surface area contributed by atoms with Crippen molar-refractivity contribution < 1.29 is 18.7 Å². The van der Waals surface area contributed by atoms with E-state index in [-0.39, 0.29) is 29.3 Å². The number of rotatable bonds is 8. The molecule has 3 nitrogen and oxygen atoms in total. The smallest absolute Gasteiger partial charge is 0.345 e. The van der Waals surface area contributed by atoms with E-state index < -0.39 is 5.60 Å². The van der Waals surface area contributed by atoms with Gasteiger partial charge in [-0.05, 0) is 91.9 Å². The molecule has 0 amide bonds. The fourth-order valence-electron chi connectivity index (χ4n) is 4.73. The quantitative estimate of drug-likeness (QED) is 0.188. The molecule has 0 N–H and O–H groups in total. The Morgan fingerprint density at radius 2 is 1.25 bits per heavy atom. The Morgan fingerprint density at radius 1 is 0.722 bits per heavy atom. The summed E-state index contributed by atoms with van der Waals surface area (Å²) < 4.78 is 25.4. The van der Waals surface area contributed by atoms with Gasteiger partial charge in [0.05, 0.1) is 10.9 Å². The molecule has 0 aliphatic heterocycles. The van der Waals surface area contributed by atoms with E-state index in [0.717, 1.165) is 45.9 Å². The first-order valence-corrected chi connectivity index (χ1v) is 13.4. The molecule has 1 aliphatic carbocycles. The van der Waals surface area contributed by atoms with Gasteiger partial charge in [-0.3, -0.25) is 0 Å². The zero-order valence-electron chi connectivity index (χ0n) is 19.9. The lowest BCUT2D eigenvalue weighted by molar-refractivity contribution is -0.163. The molecule has 0 aromatic heterocycles. The van der Waals surface area contributed by atoms with Gasteiger partial charge >= 0.3 is 5.97 Å². The highest BCUT2D eigenvalue weighted by Gasteiger charge is 2.39. The predicted molar refractivity (Wildman–Crippen MR) is 140 cm³/mol. The van der Waals surface area contributed by atoms with Crippen molar-refractivity contribution in [3.05, 3.63) is 121 Å². The van der Waals surface area contributed by atoms with Crippen LogP contribution in [0, 0.1) is 5.82 Å². The van der Waals surface area contributed by atoms with Crippen LogP contribution >= 0.6 is 0 Å². The summed E-state index contributed by atoms with van der Waals surface area (Å²) >= 11 is 0. The van der Waals surface area contributed by atoms with Crippen LogP contribution in [0.1, 0.15) is 31.2 Å². The molecular weight excluding hydrogens is 471 g/mol. The number of halogens is 1. The molecule has 0 spiro atoms. The molecule has 1 fully saturated rings. The number of hydrogen-bond acceptors (Lipinski definition) is 3. The molecule has 0 bridgehead atoms. The van der Waals surface area contributed by atoms with E-state index in [9.17, 15) is 9.18 Å². The SMILES string of the molecule is O=C(COc1ccc([S+](c2ccccc2)c2ccc(F)cc2)cc1)OC1(c2ccccc2)CCCC1. The fraction of sp³-hybridized carbons (Fsp3) is 0.194. The second-order valence-electron chi connectivity index (χ2n) is 8.87. The van der Waals surface area contributed by atoms with Gasteiger partial charge in [0.2, 0.25) is 0 Å². The third-order valence-electron chi connectivity index (χ3n) is 6.46. The van der Waals surface area contributed by atoms with Crippen LogP contribution < -0.4 is 4.74 Å². The maximum absolute atomic E-state index is 13.6. The molecule has 36 heavy (non-hydrogen) atoms. The third-order valence-corrected chi connectivity index (χ3v) is 8.70. The summed E-state index contributed by atoms with van der Waals surface area (Å²) in [6.45, 7) is -0.143. The lowest BCUT2D eigenvalue weighted by atomic mass is 9.92. The van der Waals surface area contributed by atoms with Crippen molar-refractivity contribution in [1.29, 1.82) is 0 Å². The molecule has 182 valence electrons. The number of esters is 1. The lowest BCUT2D eigenvalue weighted by Gasteiger charge is -2.29. The average molecular weight is 500 g/mol. The lowest BCUT2D eigenvalue weighted by Crippen LogP contribution is -2.31. The van der Waals surface area contributed by atoms with E-state index in [0.29, 0.717) is 5.75 Å². The molecule has 1 unspecified atom stereocenters. The second kappa shape index (κ2) is 11.0. The topological polar surface area (TPSA) is 35.5 Å². The van der Waals surface area contributed by atoms with Crippen molar-refractivity contribution in [3.63, 3.8) is 0 Å². The summed E-state index contributed by atoms with van der Waals surface area (Å²) in [5, 5.41) is 0. The summed E-state index contributed by atoms with van der Waals surface area (Å²) in [7, 11) is -0.388. The van der Waals surface area contributed by atoms with Crippen LogP contribution in [0.15, 0.2) is 124 Å². The summed E-state index contributed by atoms with van der Waals surface area (Å²) in [4.78, 5) is 16.0. The van der Waals surface area contributed by atoms with Gasteiger partial charge in [-0.1, -0.05) is 48.5 Å². The number of ether oxygens (including phenoxy) is 2. The van der Waals surface area contributed by atoms with Crippen molar-refractivity contribution in [2.45, 2.75) is 46.0 Å². The maximum Gasteiger partial charge on any atom is 0.345 e. The van der Waals surface area contributed by atoms with Crippen LogP contribution in [0.4, 0.5) is 4.39 Å². The molecule has 0 heterocycles. The van der Waals surface area contributed by atoms with Crippen LogP contribution in [0.3, 0.4) is 0 Å². The van der Waals surface area contributed by atoms with Crippen molar-refractivity contribution in [2.75, 3.05) is 6.61 Å². The van der Waals surface area contributed by atoms with Crippen LogP contribution in [-0.2, 0) is 26.0 Å². The first kappa shape index (κ1) is 24.1. The standard InChI is InChI=1S/C31H28FO3S/c32-25-13-17-28(18-14-25)36(27-11-5-2-6-12-27)29-19-15-26(16-20-29)34-23-30(33)35-31(21-7-8-22-31)24-9-3-1-4-10-24/h1-6,9-20H,7-8,21-23H2/q+1. The van der Waals surface area contributed by atoms with Gasteiger partial charge < -0.3 is 9.47 Å².